The minimum atomic E-state index is -0.104. The van der Waals surface area contributed by atoms with Gasteiger partial charge in [0.2, 0.25) is 0 Å². The molecule has 0 amide bonds. The van der Waals surface area contributed by atoms with Gasteiger partial charge in [0, 0.05) is 72.1 Å². The summed E-state index contributed by atoms with van der Waals surface area (Å²) in [7, 11) is 0. The van der Waals surface area contributed by atoms with Crippen LogP contribution in [0.3, 0.4) is 0 Å². The molecule has 0 radical (unpaired) electrons. The Bertz CT molecular complexity index is 6880. The molecule has 2 heterocycles. The molecule has 1 aliphatic rings. The molecule has 0 spiro atoms. The monoisotopic (exact) mass is 1420 g/mol. The van der Waals surface area contributed by atoms with Crippen molar-refractivity contribution in [3.8, 4) is 89.0 Å². The number of furan rings is 2. The average molecular weight is 1420 g/mol. The number of hydrogen-bond acceptors (Lipinski definition) is 4. The summed E-state index contributed by atoms with van der Waals surface area (Å²) in [6, 6.07) is 149. The van der Waals surface area contributed by atoms with Crippen LogP contribution in [0, 0.1) is 0 Å². The van der Waals surface area contributed by atoms with Crippen LogP contribution in [-0.2, 0) is 5.41 Å². The molecule has 524 valence electrons. The van der Waals surface area contributed by atoms with Gasteiger partial charge in [-0.05, 0) is 220 Å². The van der Waals surface area contributed by atoms with E-state index < -0.39 is 0 Å². The molecule has 0 bridgehead atoms. The molecule has 0 fully saturated rings. The fourth-order valence-corrected chi connectivity index (χ4v) is 16.8. The molecule has 20 aromatic rings. The topological polar surface area (TPSA) is 32.8 Å². The van der Waals surface area contributed by atoms with Crippen LogP contribution in [-0.4, -0.2) is 0 Å². The van der Waals surface area contributed by atoms with Gasteiger partial charge in [0.15, 0.2) is 0 Å². The molecule has 2 aromatic heterocycles. The van der Waals surface area contributed by atoms with Crippen molar-refractivity contribution in [1.82, 2.24) is 0 Å². The Hall–Kier alpha value is -14.3. The summed E-state index contributed by atoms with van der Waals surface area (Å²) in [5.74, 6) is 0. The van der Waals surface area contributed by atoms with E-state index in [1.807, 2.05) is 12.1 Å². The second kappa shape index (κ2) is 27.8. The lowest BCUT2D eigenvalue weighted by Gasteiger charge is -2.28. The number of fused-ring (bicyclic) bond motifs is 11. The maximum Gasteiger partial charge on any atom is 0.143 e. The molecule has 0 atom stereocenters. The first-order valence-electron chi connectivity index (χ1n) is 38.2. The summed E-state index contributed by atoms with van der Waals surface area (Å²) in [5.41, 5.74) is 31.8. The van der Waals surface area contributed by atoms with Gasteiger partial charge in [-0.1, -0.05) is 311 Å². The maximum atomic E-state index is 6.59. The third kappa shape index (κ3) is 12.2. The molecule has 0 N–H and O–H groups in total. The zero-order valence-corrected chi connectivity index (χ0v) is 61.5. The summed E-state index contributed by atoms with van der Waals surface area (Å²) in [6.07, 6.45) is 0. The Balaban J connectivity index is 0.000000145. The zero-order chi connectivity index (χ0) is 73.9. The SMILES string of the molecule is CC1(C)c2ccccc2-c2ccc(N(c3ccc(-c4ccccc4)cc3)c3ccc(-c4cc(-c5ccc6ccccc6c5)c5oc6ccccc6c5c4)cc3)cc21.c1ccc(-c2ccc(N(c3ccc(-c4cc(-c5ccc6ccccc6c5)c5oc6ccccc6c5c4)cc3)c3ccccc3-c3ccccc3)cc2)cc1. The fraction of sp³-hybridized carbons (Fsp3) is 0.0280. The lowest BCUT2D eigenvalue weighted by atomic mass is 9.82. The summed E-state index contributed by atoms with van der Waals surface area (Å²) in [4.78, 5) is 4.76. The van der Waals surface area contributed by atoms with Crippen molar-refractivity contribution in [3.63, 3.8) is 0 Å². The van der Waals surface area contributed by atoms with Gasteiger partial charge in [0.05, 0.1) is 5.69 Å². The van der Waals surface area contributed by atoms with Crippen LogP contribution >= 0.6 is 0 Å². The third-order valence-corrected chi connectivity index (χ3v) is 22.5. The highest BCUT2D eigenvalue weighted by molar-refractivity contribution is 6.13. The first kappa shape index (κ1) is 66.1. The lowest BCUT2D eigenvalue weighted by molar-refractivity contribution is 0.660. The van der Waals surface area contributed by atoms with Crippen molar-refractivity contribution < 1.29 is 8.83 Å². The lowest BCUT2D eigenvalue weighted by Crippen LogP contribution is -2.16. The van der Waals surface area contributed by atoms with Crippen molar-refractivity contribution in [1.29, 1.82) is 0 Å². The largest absolute Gasteiger partial charge is 0.455 e. The van der Waals surface area contributed by atoms with Crippen LogP contribution in [0.25, 0.3) is 154 Å². The van der Waals surface area contributed by atoms with Crippen LogP contribution in [0.5, 0.6) is 0 Å². The highest BCUT2D eigenvalue weighted by Gasteiger charge is 2.36. The molecule has 0 saturated carbocycles. The van der Waals surface area contributed by atoms with E-state index in [2.05, 4.69) is 424 Å². The third-order valence-electron chi connectivity index (χ3n) is 22.5. The number of para-hydroxylation sites is 3. The number of nitrogens with zero attached hydrogens (tertiary/aromatic N) is 2. The van der Waals surface area contributed by atoms with Crippen LogP contribution < -0.4 is 9.80 Å². The Kier molecular flexibility index (Phi) is 16.6. The van der Waals surface area contributed by atoms with Gasteiger partial charge in [0.25, 0.3) is 0 Å². The molecule has 18 aromatic carbocycles. The number of hydrogen-bond donors (Lipinski definition) is 0. The molecule has 0 unspecified atom stereocenters. The Labute approximate surface area is 645 Å². The van der Waals surface area contributed by atoms with Crippen LogP contribution in [0.15, 0.2) is 421 Å². The molecule has 4 nitrogen and oxygen atoms in total. The minimum absolute atomic E-state index is 0.104. The molecular weight excluding hydrogens is 1350 g/mol. The van der Waals surface area contributed by atoms with Crippen molar-refractivity contribution in [2.24, 2.45) is 0 Å². The molecule has 0 saturated heterocycles. The van der Waals surface area contributed by atoms with Crippen molar-refractivity contribution in [3.05, 3.63) is 424 Å². The van der Waals surface area contributed by atoms with Gasteiger partial charge in [-0.15, -0.1) is 0 Å². The normalized spacial score (nSPS) is 12.1. The predicted octanol–water partition coefficient (Wildman–Crippen LogP) is 30.4. The summed E-state index contributed by atoms with van der Waals surface area (Å²) in [5, 5.41) is 9.36. The van der Waals surface area contributed by atoms with Crippen molar-refractivity contribution in [2.45, 2.75) is 19.3 Å². The Morgan fingerprint density at radius 1 is 0.198 bits per heavy atom. The summed E-state index contributed by atoms with van der Waals surface area (Å²) in [6.45, 7) is 4.70. The van der Waals surface area contributed by atoms with Gasteiger partial charge >= 0.3 is 0 Å². The van der Waals surface area contributed by atoms with Crippen molar-refractivity contribution >= 4 is 99.5 Å². The minimum Gasteiger partial charge on any atom is -0.455 e. The van der Waals surface area contributed by atoms with E-state index >= 15 is 0 Å². The molecule has 4 heteroatoms. The van der Waals surface area contributed by atoms with Gasteiger partial charge in [-0.3, -0.25) is 0 Å². The van der Waals surface area contributed by atoms with E-state index in [9.17, 15) is 0 Å². The smallest absolute Gasteiger partial charge is 0.143 e. The zero-order valence-electron chi connectivity index (χ0n) is 61.5. The summed E-state index contributed by atoms with van der Waals surface area (Å²) < 4.78 is 13.2. The van der Waals surface area contributed by atoms with Gasteiger partial charge < -0.3 is 18.6 Å². The van der Waals surface area contributed by atoms with Gasteiger partial charge in [-0.2, -0.15) is 0 Å². The standard InChI is InChI=1S/C55H39NO.C52H35NO/c1-55(2)51-18-10-8-16-46(51)47-31-30-45(35-52(47)55)56(43-26-22-38(23-27-43)36-12-4-3-5-13-36)44-28-24-39(25-29-44)42-33-49(41-21-20-37-14-6-7-15-40(37)32-41)54-50(34-42)48-17-9-11-19-53(48)57-54;1-3-13-36(14-4-1)38-25-29-44(30-26-38)53(50-21-11-9-19-46(50)40-16-5-2-6-17-40)45-31-27-39(28-32-45)43-34-48(42-24-23-37-15-7-8-18-41(37)33-42)52-49(35-43)47-20-10-12-22-51(47)54-52/h3-35H,1-2H3;1-35H. The second-order valence-electron chi connectivity index (χ2n) is 29.5. The molecular formula is C107H74N2O2. The highest BCUT2D eigenvalue weighted by Crippen LogP contribution is 2.52. The van der Waals surface area contributed by atoms with E-state index in [1.165, 1.54) is 77.2 Å². The molecule has 111 heavy (non-hydrogen) atoms. The number of benzene rings is 18. The van der Waals surface area contributed by atoms with E-state index in [4.69, 9.17) is 8.83 Å². The van der Waals surface area contributed by atoms with E-state index in [0.717, 1.165) is 123 Å². The molecule has 0 aliphatic heterocycles. The highest BCUT2D eigenvalue weighted by atomic mass is 16.3. The number of rotatable bonds is 13. The van der Waals surface area contributed by atoms with E-state index in [0.29, 0.717) is 0 Å². The van der Waals surface area contributed by atoms with Gasteiger partial charge in [-0.25, -0.2) is 0 Å². The van der Waals surface area contributed by atoms with Crippen LogP contribution in [0.2, 0.25) is 0 Å². The number of anilines is 6. The first-order chi connectivity index (χ1) is 54.8. The Morgan fingerprint density at radius 2 is 0.550 bits per heavy atom. The van der Waals surface area contributed by atoms with E-state index in [1.54, 1.807) is 0 Å². The second-order valence-corrected chi connectivity index (χ2v) is 29.5. The van der Waals surface area contributed by atoms with E-state index in [-0.39, 0.29) is 5.41 Å². The average Bonchev–Trinajstić information content (AvgIpc) is 1.69. The van der Waals surface area contributed by atoms with Crippen LogP contribution in [0.4, 0.5) is 34.1 Å². The van der Waals surface area contributed by atoms with Crippen molar-refractivity contribution in [2.75, 3.05) is 9.80 Å². The van der Waals surface area contributed by atoms with Gasteiger partial charge in [0.1, 0.15) is 22.3 Å². The fourth-order valence-electron chi connectivity index (χ4n) is 16.8. The maximum absolute atomic E-state index is 6.59. The molecule has 21 rings (SSSR count). The first-order valence-corrected chi connectivity index (χ1v) is 38.2. The van der Waals surface area contributed by atoms with Crippen LogP contribution in [0.1, 0.15) is 25.0 Å². The quantitative estimate of drug-likeness (QED) is 0.115. The Morgan fingerprint density at radius 3 is 1.04 bits per heavy atom. The predicted molar refractivity (Wildman–Crippen MR) is 467 cm³/mol. The summed E-state index contributed by atoms with van der Waals surface area (Å²) >= 11 is 0. The molecule has 1 aliphatic carbocycles.